The van der Waals surface area contributed by atoms with Crippen LogP contribution in [0.2, 0.25) is 0 Å². The SMILES string of the molecule is COC(=O)C1=C(C)N=c2s/c(=C3\C(=O)N(Cc4ccccc4)c4ccccc43)c(=O)n2[C@@H]1c1ccc(OC)cc1. The zero-order valence-electron chi connectivity index (χ0n) is 22.1. The number of esters is 1. The minimum atomic E-state index is -0.781. The highest BCUT2D eigenvalue weighted by atomic mass is 32.1. The molecule has 40 heavy (non-hydrogen) atoms. The lowest BCUT2D eigenvalue weighted by Gasteiger charge is -2.24. The zero-order valence-corrected chi connectivity index (χ0v) is 22.9. The number of para-hydroxylation sites is 1. The molecule has 0 radical (unpaired) electrons. The third-order valence-corrected chi connectivity index (χ3v) is 8.22. The summed E-state index contributed by atoms with van der Waals surface area (Å²) in [7, 11) is 2.87. The van der Waals surface area contributed by atoms with Crippen LogP contribution in [-0.2, 0) is 20.9 Å². The monoisotopic (exact) mass is 551 g/mol. The number of rotatable bonds is 5. The molecule has 6 rings (SSSR count). The van der Waals surface area contributed by atoms with Crippen molar-refractivity contribution in [3.8, 4) is 5.75 Å². The Bertz CT molecular complexity index is 1870. The van der Waals surface area contributed by atoms with E-state index >= 15 is 0 Å². The first-order valence-corrected chi connectivity index (χ1v) is 13.5. The number of thiazole rings is 1. The number of fused-ring (bicyclic) bond motifs is 2. The lowest BCUT2D eigenvalue weighted by atomic mass is 9.96. The molecule has 0 aliphatic carbocycles. The van der Waals surface area contributed by atoms with Crippen LogP contribution in [0.15, 0.2) is 99.9 Å². The van der Waals surface area contributed by atoms with E-state index in [-0.39, 0.29) is 16.0 Å². The highest BCUT2D eigenvalue weighted by Gasteiger charge is 2.37. The summed E-state index contributed by atoms with van der Waals surface area (Å²) in [6.45, 7) is 2.10. The molecular formula is C31H25N3O5S. The summed E-state index contributed by atoms with van der Waals surface area (Å²) in [6, 6.07) is 23.6. The average Bonchev–Trinajstić information content (AvgIpc) is 3.44. The first-order chi connectivity index (χ1) is 19.4. The summed E-state index contributed by atoms with van der Waals surface area (Å²) in [5.74, 6) is -0.179. The second-order valence-corrected chi connectivity index (χ2v) is 10.4. The molecule has 0 saturated heterocycles. The Morgan fingerprint density at radius 3 is 2.35 bits per heavy atom. The van der Waals surface area contributed by atoms with Gasteiger partial charge in [-0.15, -0.1) is 0 Å². The summed E-state index contributed by atoms with van der Waals surface area (Å²) >= 11 is 1.15. The lowest BCUT2D eigenvalue weighted by molar-refractivity contribution is -0.136. The first-order valence-electron chi connectivity index (χ1n) is 12.7. The highest BCUT2D eigenvalue weighted by Crippen LogP contribution is 2.36. The van der Waals surface area contributed by atoms with E-state index < -0.39 is 17.6 Å². The summed E-state index contributed by atoms with van der Waals surface area (Å²) in [4.78, 5) is 47.9. The molecule has 0 N–H and O–H groups in total. The minimum absolute atomic E-state index is 0.250. The van der Waals surface area contributed by atoms with Crippen LogP contribution in [0.1, 0.15) is 29.7 Å². The van der Waals surface area contributed by atoms with Crippen LogP contribution in [0.5, 0.6) is 5.75 Å². The molecule has 0 spiro atoms. The van der Waals surface area contributed by atoms with E-state index in [1.165, 1.54) is 11.7 Å². The maximum Gasteiger partial charge on any atom is 0.338 e. The Kier molecular flexibility index (Phi) is 6.43. The normalized spacial score (nSPS) is 17.3. The maximum absolute atomic E-state index is 14.2. The summed E-state index contributed by atoms with van der Waals surface area (Å²) in [6.07, 6.45) is 0. The maximum atomic E-state index is 14.2. The van der Waals surface area contributed by atoms with Crippen molar-refractivity contribution in [2.24, 2.45) is 4.99 Å². The number of allylic oxidation sites excluding steroid dienone is 1. The van der Waals surface area contributed by atoms with Crippen LogP contribution < -0.4 is 24.5 Å². The van der Waals surface area contributed by atoms with Gasteiger partial charge in [0.05, 0.1) is 49.3 Å². The standard InChI is InChI=1S/C31H25N3O5S/c1-18-24(30(37)39-3)26(20-13-15-21(38-2)16-14-20)34-29(36)27(40-31(34)32-18)25-22-11-7-8-12-23(22)33(28(25)35)17-19-9-5-4-6-10-19/h4-16,26H,17H2,1-3H3/b27-25-/t26-/m1/s1. The number of benzene rings is 3. The number of amides is 1. The average molecular weight is 552 g/mol. The number of nitrogens with zero attached hydrogens (tertiary/aromatic N) is 3. The van der Waals surface area contributed by atoms with Gasteiger partial charge in [0.1, 0.15) is 10.3 Å². The summed E-state index contributed by atoms with van der Waals surface area (Å²) < 4.78 is 12.2. The first kappa shape index (κ1) is 25.5. The molecule has 200 valence electrons. The van der Waals surface area contributed by atoms with E-state index in [9.17, 15) is 14.4 Å². The van der Waals surface area contributed by atoms with Crippen molar-refractivity contribution in [3.63, 3.8) is 0 Å². The Labute approximate surface area is 233 Å². The van der Waals surface area contributed by atoms with E-state index in [1.807, 2.05) is 66.7 Å². The third-order valence-electron chi connectivity index (χ3n) is 7.17. The highest BCUT2D eigenvalue weighted by molar-refractivity contribution is 7.07. The number of methoxy groups -OCH3 is 2. The van der Waals surface area contributed by atoms with Gasteiger partial charge in [-0.1, -0.05) is 72.0 Å². The van der Waals surface area contributed by atoms with Gasteiger partial charge in [-0.25, -0.2) is 9.79 Å². The van der Waals surface area contributed by atoms with E-state index in [1.54, 1.807) is 31.1 Å². The number of aromatic nitrogens is 1. The molecule has 0 bridgehead atoms. The van der Waals surface area contributed by atoms with Crippen LogP contribution in [0.3, 0.4) is 0 Å². The van der Waals surface area contributed by atoms with E-state index in [2.05, 4.69) is 4.99 Å². The van der Waals surface area contributed by atoms with Crippen molar-refractivity contribution < 1.29 is 19.1 Å². The number of anilines is 1. The van der Waals surface area contributed by atoms with Gasteiger partial charge >= 0.3 is 5.97 Å². The molecule has 9 heteroatoms. The van der Waals surface area contributed by atoms with Crippen molar-refractivity contribution in [2.45, 2.75) is 19.5 Å². The Balaban J connectivity index is 1.58. The number of carbonyl (C=O) groups is 2. The second-order valence-electron chi connectivity index (χ2n) is 9.44. The zero-order chi connectivity index (χ0) is 28.0. The Morgan fingerprint density at radius 2 is 1.65 bits per heavy atom. The van der Waals surface area contributed by atoms with Gasteiger partial charge in [-0.2, -0.15) is 0 Å². The molecule has 1 atom stereocenters. The fraction of sp³-hybridized carbons (Fsp3) is 0.161. The van der Waals surface area contributed by atoms with Crippen molar-refractivity contribution in [1.29, 1.82) is 0 Å². The molecule has 1 aromatic heterocycles. The topological polar surface area (TPSA) is 90.2 Å². The van der Waals surface area contributed by atoms with Crippen molar-refractivity contribution >= 4 is 34.5 Å². The number of ether oxygens (including phenoxy) is 2. The molecule has 1 amide bonds. The van der Waals surface area contributed by atoms with E-state index in [0.717, 1.165) is 22.6 Å². The Morgan fingerprint density at radius 1 is 0.950 bits per heavy atom. The van der Waals surface area contributed by atoms with Crippen LogP contribution in [-0.4, -0.2) is 30.7 Å². The minimum Gasteiger partial charge on any atom is -0.497 e. The molecule has 8 nitrogen and oxygen atoms in total. The second kappa shape index (κ2) is 10.1. The number of hydrogen-bond donors (Lipinski definition) is 0. The summed E-state index contributed by atoms with van der Waals surface area (Å²) in [5.41, 5.74) is 3.77. The largest absolute Gasteiger partial charge is 0.497 e. The van der Waals surface area contributed by atoms with Crippen molar-refractivity contribution in [1.82, 2.24) is 4.57 Å². The van der Waals surface area contributed by atoms with Gasteiger partial charge in [-0.05, 0) is 36.2 Å². The lowest BCUT2D eigenvalue weighted by Crippen LogP contribution is -2.40. The van der Waals surface area contributed by atoms with Crippen LogP contribution in [0, 0.1) is 0 Å². The fourth-order valence-electron chi connectivity index (χ4n) is 5.27. The number of carbonyl (C=O) groups excluding carboxylic acids is 2. The summed E-state index contributed by atoms with van der Waals surface area (Å²) in [5, 5.41) is 0. The van der Waals surface area contributed by atoms with Gasteiger partial charge in [-0.3, -0.25) is 14.2 Å². The third kappa shape index (κ3) is 4.06. The van der Waals surface area contributed by atoms with Gasteiger partial charge < -0.3 is 14.4 Å². The predicted octanol–water partition coefficient (Wildman–Crippen LogP) is 3.33. The molecule has 0 unspecified atom stereocenters. The van der Waals surface area contributed by atoms with Crippen LogP contribution >= 0.6 is 11.3 Å². The van der Waals surface area contributed by atoms with Crippen molar-refractivity contribution in [2.75, 3.05) is 19.1 Å². The van der Waals surface area contributed by atoms with Gasteiger partial charge in [0.25, 0.3) is 11.5 Å². The molecule has 3 aromatic carbocycles. The molecular weight excluding hydrogens is 526 g/mol. The number of hydrogen-bond acceptors (Lipinski definition) is 7. The van der Waals surface area contributed by atoms with Gasteiger partial charge in [0.15, 0.2) is 4.80 Å². The van der Waals surface area contributed by atoms with Gasteiger partial charge in [0.2, 0.25) is 0 Å². The molecule has 3 heterocycles. The molecule has 2 aliphatic heterocycles. The van der Waals surface area contributed by atoms with Gasteiger partial charge in [0, 0.05) is 5.56 Å². The van der Waals surface area contributed by atoms with E-state index in [0.29, 0.717) is 39.5 Å². The quantitative estimate of drug-likeness (QED) is 0.355. The molecule has 4 aromatic rings. The molecule has 2 aliphatic rings. The predicted molar refractivity (Wildman–Crippen MR) is 152 cm³/mol. The van der Waals surface area contributed by atoms with E-state index in [4.69, 9.17) is 9.47 Å². The molecule has 0 saturated carbocycles. The smallest absolute Gasteiger partial charge is 0.338 e. The van der Waals surface area contributed by atoms with Crippen LogP contribution in [0.25, 0.3) is 5.57 Å². The van der Waals surface area contributed by atoms with Crippen LogP contribution in [0.4, 0.5) is 5.69 Å². The van der Waals surface area contributed by atoms with Crippen molar-refractivity contribution in [3.05, 3.63) is 127 Å². The Hall–Kier alpha value is -4.76. The fourth-order valence-corrected chi connectivity index (χ4v) is 6.40. The molecule has 0 fully saturated rings.